The highest BCUT2D eigenvalue weighted by molar-refractivity contribution is 7.99. The summed E-state index contributed by atoms with van der Waals surface area (Å²) >= 11 is 3.32. The van der Waals surface area contributed by atoms with E-state index in [1.165, 1.54) is 47.9 Å². The van der Waals surface area contributed by atoms with Crippen LogP contribution in [-0.4, -0.2) is 37.5 Å². The van der Waals surface area contributed by atoms with Crippen molar-refractivity contribution in [2.75, 3.05) is 13.1 Å². The summed E-state index contributed by atoms with van der Waals surface area (Å²) in [7, 11) is 0. The average Bonchev–Trinajstić information content (AvgIpc) is 3.43. The van der Waals surface area contributed by atoms with E-state index in [0.29, 0.717) is 22.6 Å². The number of hydrogen-bond donors (Lipinski definition) is 0. The molecule has 6 rings (SSSR count). The van der Waals surface area contributed by atoms with Crippen molar-refractivity contribution in [3.8, 4) is 0 Å². The van der Waals surface area contributed by atoms with Crippen LogP contribution in [0.5, 0.6) is 0 Å². The van der Waals surface area contributed by atoms with Gasteiger partial charge in [0, 0.05) is 16.8 Å². The van der Waals surface area contributed by atoms with Gasteiger partial charge in [0.2, 0.25) is 0 Å². The van der Waals surface area contributed by atoms with E-state index in [-0.39, 0.29) is 5.56 Å². The number of allylic oxidation sites excluding steroid dienone is 1. The predicted octanol–water partition coefficient (Wildman–Crippen LogP) is 5.21. The van der Waals surface area contributed by atoms with Crippen molar-refractivity contribution in [1.82, 2.24) is 24.4 Å². The smallest absolute Gasteiger partial charge is 0.262 e. The number of piperidine rings is 1. The number of thiophene rings is 1. The molecule has 0 radical (unpaired) electrons. The van der Waals surface area contributed by atoms with Crippen molar-refractivity contribution in [3.63, 3.8) is 0 Å². The molecule has 34 heavy (non-hydrogen) atoms. The Morgan fingerprint density at radius 3 is 2.76 bits per heavy atom. The largest absolute Gasteiger partial charge is 0.296 e. The summed E-state index contributed by atoms with van der Waals surface area (Å²) in [5.74, 6) is 0.871. The van der Waals surface area contributed by atoms with Crippen molar-refractivity contribution in [2.24, 2.45) is 0 Å². The third-order valence-corrected chi connectivity index (χ3v) is 8.89. The van der Waals surface area contributed by atoms with Crippen LogP contribution < -0.4 is 5.56 Å². The quantitative estimate of drug-likeness (QED) is 0.210. The zero-order valence-corrected chi connectivity index (χ0v) is 20.8. The van der Waals surface area contributed by atoms with Crippen LogP contribution in [0.25, 0.3) is 21.1 Å². The van der Waals surface area contributed by atoms with Gasteiger partial charge in [0.15, 0.2) is 5.16 Å². The van der Waals surface area contributed by atoms with Crippen LogP contribution in [0.2, 0.25) is 0 Å². The van der Waals surface area contributed by atoms with Crippen LogP contribution in [0.1, 0.15) is 41.9 Å². The molecule has 0 saturated carbocycles. The van der Waals surface area contributed by atoms with Crippen molar-refractivity contribution in [3.05, 3.63) is 63.5 Å². The van der Waals surface area contributed by atoms with E-state index in [1.807, 2.05) is 35.6 Å². The molecule has 1 fully saturated rings. The van der Waals surface area contributed by atoms with E-state index in [4.69, 9.17) is 15.0 Å². The van der Waals surface area contributed by atoms with Crippen LogP contribution in [0.15, 0.2) is 51.9 Å². The Balaban J connectivity index is 1.48. The number of hydrogen-bond acceptors (Lipinski definition) is 7. The Bertz CT molecular complexity index is 1450. The summed E-state index contributed by atoms with van der Waals surface area (Å²) in [5, 5.41) is 3.38. The minimum Gasteiger partial charge on any atom is -0.296 e. The van der Waals surface area contributed by atoms with Gasteiger partial charge in [0.05, 0.1) is 17.4 Å². The van der Waals surface area contributed by atoms with Crippen molar-refractivity contribution in [2.45, 2.75) is 61.8 Å². The number of fused-ring (bicyclic) bond motifs is 4. The summed E-state index contributed by atoms with van der Waals surface area (Å²) < 4.78 is 1.71. The highest BCUT2D eigenvalue weighted by Crippen LogP contribution is 2.42. The molecule has 0 spiro atoms. The van der Waals surface area contributed by atoms with E-state index >= 15 is 0 Å². The average molecular weight is 490 g/mol. The van der Waals surface area contributed by atoms with E-state index in [9.17, 15) is 4.79 Å². The molecule has 2 aliphatic rings. The molecule has 0 bridgehead atoms. The van der Waals surface area contributed by atoms with Gasteiger partial charge in [-0.25, -0.2) is 15.0 Å². The number of benzene rings is 1. The minimum atomic E-state index is -0.0395. The van der Waals surface area contributed by atoms with Gasteiger partial charge >= 0.3 is 0 Å². The van der Waals surface area contributed by atoms with Gasteiger partial charge in [-0.15, -0.1) is 17.9 Å². The zero-order valence-electron chi connectivity index (χ0n) is 19.1. The number of aryl methyl sites for hydroxylation is 2. The third-order valence-electron chi connectivity index (χ3n) is 6.72. The Morgan fingerprint density at radius 1 is 1.06 bits per heavy atom. The van der Waals surface area contributed by atoms with Crippen LogP contribution >= 0.6 is 23.1 Å². The topological polar surface area (TPSA) is 63.9 Å². The lowest BCUT2D eigenvalue weighted by Crippen LogP contribution is -2.30. The van der Waals surface area contributed by atoms with Gasteiger partial charge in [-0.3, -0.25) is 14.3 Å². The molecule has 4 aromatic rings. The van der Waals surface area contributed by atoms with Crippen molar-refractivity contribution >= 4 is 44.2 Å². The SMILES string of the molecule is C=CCn1c(Sc2nc(CN3CCCCC3)nc3sc4c(c23)CCC4)nc2ccccc2c1=O. The second-order valence-corrected chi connectivity index (χ2v) is 11.1. The van der Waals surface area contributed by atoms with E-state index in [2.05, 4.69) is 11.5 Å². The molecule has 4 heterocycles. The van der Waals surface area contributed by atoms with Gasteiger partial charge in [0.25, 0.3) is 5.56 Å². The standard InChI is InChI=1S/C26H27N5OS2/c1-2-13-31-25(32)17-9-4-5-11-19(17)27-26(31)34-24-22-18-10-8-12-20(18)33-23(22)28-21(29-24)16-30-14-6-3-7-15-30/h2,4-5,9,11H,1,3,6-8,10,12-16H2. The lowest BCUT2D eigenvalue weighted by Gasteiger charge is -2.25. The maximum atomic E-state index is 13.3. The molecule has 1 aliphatic heterocycles. The molecule has 0 N–H and O–H groups in total. The maximum absolute atomic E-state index is 13.3. The molecule has 3 aromatic heterocycles. The molecule has 1 aliphatic carbocycles. The minimum absolute atomic E-state index is 0.0395. The lowest BCUT2D eigenvalue weighted by molar-refractivity contribution is 0.216. The first-order valence-corrected chi connectivity index (χ1v) is 13.7. The van der Waals surface area contributed by atoms with Crippen LogP contribution in [-0.2, 0) is 25.9 Å². The van der Waals surface area contributed by atoms with E-state index < -0.39 is 0 Å². The monoisotopic (exact) mass is 489 g/mol. The molecule has 8 heteroatoms. The van der Waals surface area contributed by atoms with Crippen molar-refractivity contribution < 1.29 is 0 Å². The van der Waals surface area contributed by atoms with Crippen LogP contribution in [0, 0.1) is 0 Å². The van der Waals surface area contributed by atoms with Crippen LogP contribution in [0.4, 0.5) is 0 Å². The normalized spacial score (nSPS) is 16.4. The molecule has 6 nitrogen and oxygen atoms in total. The summed E-state index contributed by atoms with van der Waals surface area (Å²) in [6, 6.07) is 7.54. The summed E-state index contributed by atoms with van der Waals surface area (Å²) in [4.78, 5) is 33.2. The van der Waals surface area contributed by atoms with E-state index in [0.717, 1.165) is 53.5 Å². The second-order valence-electron chi connectivity index (χ2n) is 9.04. The predicted molar refractivity (Wildman–Crippen MR) is 139 cm³/mol. The number of nitrogens with zero attached hydrogens (tertiary/aromatic N) is 5. The van der Waals surface area contributed by atoms with Crippen molar-refractivity contribution in [1.29, 1.82) is 0 Å². The van der Waals surface area contributed by atoms with Gasteiger partial charge in [-0.2, -0.15) is 0 Å². The fourth-order valence-corrected chi connectivity index (χ4v) is 7.47. The first-order valence-electron chi connectivity index (χ1n) is 12.0. The molecule has 174 valence electrons. The number of rotatable bonds is 6. The Hall–Kier alpha value is -2.55. The summed E-state index contributed by atoms with van der Waals surface area (Å²) in [5.41, 5.74) is 2.07. The fraction of sp³-hybridized carbons (Fsp3) is 0.385. The van der Waals surface area contributed by atoms with Gasteiger partial charge in [-0.05, 0) is 74.7 Å². The van der Waals surface area contributed by atoms with Gasteiger partial charge < -0.3 is 0 Å². The van der Waals surface area contributed by atoms with E-state index in [1.54, 1.807) is 10.6 Å². The third kappa shape index (κ3) is 3.97. The molecular formula is C26H27N5OS2. The number of aromatic nitrogens is 4. The molecule has 1 saturated heterocycles. The zero-order chi connectivity index (χ0) is 23.1. The molecule has 0 unspecified atom stereocenters. The van der Waals surface area contributed by atoms with Crippen LogP contribution in [0.3, 0.4) is 0 Å². The molecule has 1 aromatic carbocycles. The molecule has 0 atom stereocenters. The number of likely N-dealkylation sites (tertiary alicyclic amines) is 1. The lowest BCUT2D eigenvalue weighted by atomic mass is 10.1. The highest BCUT2D eigenvalue weighted by atomic mass is 32.2. The summed E-state index contributed by atoms with van der Waals surface area (Å²) in [6.07, 6.45) is 8.93. The second kappa shape index (κ2) is 9.24. The Kier molecular flexibility index (Phi) is 5.97. The fourth-order valence-electron chi connectivity index (χ4n) is 5.07. The molecular weight excluding hydrogens is 462 g/mol. The maximum Gasteiger partial charge on any atom is 0.262 e. The Morgan fingerprint density at radius 2 is 1.91 bits per heavy atom. The first-order chi connectivity index (χ1) is 16.7. The van der Waals surface area contributed by atoms with Gasteiger partial charge in [0.1, 0.15) is 15.7 Å². The summed E-state index contributed by atoms with van der Waals surface area (Å²) in [6.45, 7) is 7.27. The first kappa shape index (κ1) is 21.9. The number of para-hydroxylation sites is 1. The molecule has 0 amide bonds. The van der Waals surface area contributed by atoms with Gasteiger partial charge in [-0.1, -0.05) is 24.6 Å². The Labute approximate surface area is 206 Å². The highest BCUT2D eigenvalue weighted by Gasteiger charge is 2.25.